The van der Waals surface area contributed by atoms with Crippen LogP contribution >= 0.6 is 11.6 Å². The monoisotopic (exact) mass is 273 g/mol. The van der Waals surface area contributed by atoms with E-state index in [9.17, 15) is 4.79 Å². The van der Waals surface area contributed by atoms with Gasteiger partial charge < -0.3 is 4.74 Å². The number of ketones is 1. The van der Waals surface area contributed by atoms with Gasteiger partial charge in [0.15, 0.2) is 0 Å². The van der Waals surface area contributed by atoms with Crippen molar-refractivity contribution in [3.8, 4) is 5.75 Å². The second-order valence-electron chi connectivity index (χ2n) is 3.83. The molecule has 4 heteroatoms. The zero-order valence-corrected chi connectivity index (χ0v) is 11.1. The van der Waals surface area contributed by atoms with Crippen LogP contribution < -0.4 is 4.74 Å². The number of methoxy groups -OCH3 is 1. The molecule has 0 bridgehead atoms. The topological polar surface area (TPSA) is 38.7 Å². The van der Waals surface area contributed by atoms with Crippen LogP contribution in [0.15, 0.2) is 53.5 Å². The Morgan fingerprint density at radius 2 is 1.74 bits per heavy atom. The number of aliphatic imine (C=N–C) groups is 1. The number of hydrogen-bond acceptors (Lipinski definition) is 3. The summed E-state index contributed by atoms with van der Waals surface area (Å²) in [6.07, 6.45) is 1.30. The van der Waals surface area contributed by atoms with Gasteiger partial charge in [-0.15, -0.1) is 0 Å². The van der Waals surface area contributed by atoms with Gasteiger partial charge in [-0.2, -0.15) is 0 Å². The predicted octanol–water partition coefficient (Wildman–Crippen LogP) is 3.93. The Labute approximate surface area is 116 Å². The minimum absolute atomic E-state index is 0.160. The maximum Gasteiger partial charge on any atom is 0.204 e. The van der Waals surface area contributed by atoms with E-state index in [0.717, 1.165) is 5.75 Å². The Morgan fingerprint density at radius 1 is 1.11 bits per heavy atom. The zero-order valence-electron chi connectivity index (χ0n) is 10.3. The van der Waals surface area contributed by atoms with Gasteiger partial charge in [0.25, 0.3) is 0 Å². The van der Waals surface area contributed by atoms with Crippen LogP contribution in [-0.2, 0) is 0 Å². The standard InChI is InChI=1S/C15H12ClNO2/c1-19-14-8-6-13(7-9-14)17-10-15(18)11-2-4-12(16)5-3-11/h2-10H,1H3. The van der Waals surface area contributed by atoms with E-state index in [2.05, 4.69) is 4.99 Å². The highest BCUT2D eigenvalue weighted by molar-refractivity contribution is 6.36. The van der Waals surface area contributed by atoms with Gasteiger partial charge in [-0.05, 0) is 48.5 Å². The van der Waals surface area contributed by atoms with E-state index in [-0.39, 0.29) is 5.78 Å². The van der Waals surface area contributed by atoms with Crippen LogP contribution in [0.1, 0.15) is 10.4 Å². The highest BCUT2D eigenvalue weighted by Crippen LogP contribution is 2.17. The molecule has 0 atom stereocenters. The van der Waals surface area contributed by atoms with Crippen LogP contribution in [0.5, 0.6) is 5.75 Å². The Hall–Kier alpha value is -2.13. The van der Waals surface area contributed by atoms with Crippen LogP contribution in [0.25, 0.3) is 0 Å². The number of nitrogens with zero attached hydrogens (tertiary/aromatic N) is 1. The van der Waals surface area contributed by atoms with Crippen molar-refractivity contribution < 1.29 is 9.53 Å². The molecular weight excluding hydrogens is 262 g/mol. The largest absolute Gasteiger partial charge is 0.497 e. The summed E-state index contributed by atoms with van der Waals surface area (Å²) in [5.41, 5.74) is 1.25. The van der Waals surface area contributed by atoms with Gasteiger partial charge in [0.2, 0.25) is 5.78 Å². The number of hydrogen-bond donors (Lipinski definition) is 0. The molecule has 2 rings (SSSR count). The van der Waals surface area contributed by atoms with Crippen LogP contribution in [0.2, 0.25) is 5.02 Å². The molecule has 0 saturated carbocycles. The fourth-order valence-electron chi connectivity index (χ4n) is 1.49. The SMILES string of the molecule is COc1ccc(N=CC(=O)c2ccc(Cl)cc2)cc1. The minimum atomic E-state index is -0.160. The Kier molecular flexibility index (Phi) is 4.31. The van der Waals surface area contributed by atoms with Crippen molar-refractivity contribution in [2.75, 3.05) is 7.11 Å². The lowest BCUT2D eigenvalue weighted by Crippen LogP contribution is -1.99. The van der Waals surface area contributed by atoms with E-state index in [4.69, 9.17) is 16.3 Å². The summed E-state index contributed by atoms with van der Waals surface area (Å²) in [5, 5.41) is 0.601. The van der Waals surface area contributed by atoms with E-state index in [1.807, 2.05) is 0 Å². The van der Waals surface area contributed by atoms with Gasteiger partial charge in [0.05, 0.1) is 19.0 Å². The summed E-state index contributed by atoms with van der Waals surface area (Å²) in [5.74, 6) is 0.593. The molecule has 96 valence electrons. The van der Waals surface area contributed by atoms with Crippen LogP contribution in [0.4, 0.5) is 5.69 Å². The van der Waals surface area contributed by atoms with Gasteiger partial charge in [0, 0.05) is 10.6 Å². The molecular formula is C15H12ClNO2. The van der Waals surface area contributed by atoms with Crippen molar-refractivity contribution in [2.24, 2.45) is 4.99 Å². The molecule has 0 saturated heterocycles. The molecule has 0 radical (unpaired) electrons. The van der Waals surface area contributed by atoms with E-state index >= 15 is 0 Å². The van der Waals surface area contributed by atoms with E-state index in [1.165, 1.54) is 6.21 Å². The molecule has 0 aromatic heterocycles. The van der Waals surface area contributed by atoms with Crippen LogP contribution in [0, 0.1) is 0 Å². The number of ether oxygens (including phenoxy) is 1. The first-order valence-electron chi connectivity index (χ1n) is 5.67. The third kappa shape index (κ3) is 3.66. The predicted molar refractivity (Wildman–Crippen MR) is 76.9 cm³/mol. The average molecular weight is 274 g/mol. The quantitative estimate of drug-likeness (QED) is 0.625. The summed E-state index contributed by atoms with van der Waals surface area (Å²) < 4.78 is 5.04. The second-order valence-corrected chi connectivity index (χ2v) is 4.26. The average Bonchev–Trinajstić information content (AvgIpc) is 2.46. The maximum absolute atomic E-state index is 11.8. The first kappa shape index (κ1) is 13.3. The van der Waals surface area contributed by atoms with Crippen molar-refractivity contribution in [3.63, 3.8) is 0 Å². The van der Waals surface area contributed by atoms with Crippen molar-refractivity contribution in [1.29, 1.82) is 0 Å². The van der Waals surface area contributed by atoms with Gasteiger partial charge >= 0.3 is 0 Å². The molecule has 2 aromatic carbocycles. The molecule has 0 aliphatic carbocycles. The minimum Gasteiger partial charge on any atom is -0.497 e. The molecule has 3 nitrogen and oxygen atoms in total. The third-order valence-electron chi connectivity index (χ3n) is 2.53. The fourth-order valence-corrected chi connectivity index (χ4v) is 1.62. The van der Waals surface area contributed by atoms with E-state index in [1.54, 1.807) is 55.6 Å². The maximum atomic E-state index is 11.8. The second kappa shape index (κ2) is 6.16. The Morgan fingerprint density at radius 3 is 2.32 bits per heavy atom. The summed E-state index contributed by atoms with van der Waals surface area (Å²) >= 11 is 5.76. The molecule has 0 heterocycles. The van der Waals surface area contributed by atoms with Gasteiger partial charge in [-0.25, -0.2) is 0 Å². The summed E-state index contributed by atoms with van der Waals surface area (Å²) in [4.78, 5) is 16.0. The molecule has 0 fully saturated rings. The number of halogens is 1. The normalized spacial score (nSPS) is 10.6. The lowest BCUT2D eigenvalue weighted by molar-refractivity contribution is 0.107. The highest BCUT2D eigenvalue weighted by atomic mass is 35.5. The number of benzene rings is 2. The Bertz CT molecular complexity index is 589. The Balaban J connectivity index is 2.08. The van der Waals surface area contributed by atoms with Gasteiger partial charge in [-0.3, -0.25) is 9.79 Å². The van der Waals surface area contributed by atoms with Crippen LogP contribution in [-0.4, -0.2) is 19.1 Å². The summed E-state index contributed by atoms with van der Waals surface area (Å²) in [7, 11) is 1.60. The molecule has 2 aromatic rings. The number of Topliss-reactive ketones (excluding diaryl/α,β-unsaturated/α-hetero) is 1. The zero-order chi connectivity index (χ0) is 13.7. The number of rotatable bonds is 4. The summed E-state index contributed by atoms with van der Waals surface area (Å²) in [6, 6.07) is 13.8. The first-order valence-corrected chi connectivity index (χ1v) is 6.05. The lowest BCUT2D eigenvalue weighted by atomic mass is 10.1. The van der Waals surface area contributed by atoms with Crippen molar-refractivity contribution in [2.45, 2.75) is 0 Å². The van der Waals surface area contributed by atoms with Crippen molar-refractivity contribution >= 4 is 29.3 Å². The highest BCUT2D eigenvalue weighted by Gasteiger charge is 2.01. The molecule has 0 spiro atoms. The molecule has 0 unspecified atom stereocenters. The van der Waals surface area contributed by atoms with E-state index < -0.39 is 0 Å². The van der Waals surface area contributed by atoms with Crippen molar-refractivity contribution in [1.82, 2.24) is 0 Å². The fraction of sp³-hybridized carbons (Fsp3) is 0.0667. The van der Waals surface area contributed by atoms with E-state index in [0.29, 0.717) is 16.3 Å². The van der Waals surface area contributed by atoms with Crippen LogP contribution in [0.3, 0.4) is 0 Å². The van der Waals surface area contributed by atoms with Crippen molar-refractivity contribution in [3.05, 3.63) is 59.1 Å². The molecule has 0 aliphatic heterocycles. The smallest absolute Gasteiger partial charge is 0.204 e. The molecule has 0 aliphatic rings. The molecule has 0 amide bonds. The van der Waals surface area contributed by atoms with Gasteiger partial charge in [0.1, 0.15) is 5.75 Å². The first-order chi connectivity index (χ1) is 9.19. The lowest BCUT2D eigenvalue weighted by Gasteiger charge is -1.99. The van der Waals surface area contributed by atoms with Gasteiger partial charge in [-0.1, -0.05) is 11.6 Å². The molecule has 0 N–H and O–H groups in total. The molecule has 19 heavy (non-hydrogen) atoms. The number of carbonyl (C=O) groups is 1. The number of carbonyl (C=O) groups excluding carboxylic acids is 1. The third-order valence-corrected chi connectivity index (χ3v) is 2.78. The summed E-state index contributed by atoms with van der Waals surface area (Å²) in [6.45, 7) is 0.